The molecule has 40 heavy (non-hydrogen) atoms. The maximum absolute atomic E-state index is 13.6. The molecule has 3 atom stereocenters. The summed E-state index contributed by atoms with van der Waals surface area (Å²) >= 11 is 0. The third-order valence-electron chi connectivity index (χ3n) is 6.88. The number of fused-ring (bicyclic) bond motifs is 1. The van der Waals surface area contributed by atoms with E-state index in [-0.39, 0.29) is 46.5 Å². The third kappa shape index (κ3) is 6.15. The minimum absolute atomic E-state index is 0.01000. The standard InChI is InChI=1S/C28H33N3O7S2/c1-20-17-31(21(2)19-32)28(33)24-15-10-16-25(29-39(34,35)22-11-6-4-7-12-22)27(24)38-26(20)18-30(3)40(36,37)23-13-8-5-9-14-23/h4-16,20-21,26,29,32H,17-19H2,1-3H3/t20-,21+,26+/m0/s1. The van der Waals surface area contributed by atoms with Crippen LogP contribution >= 0.6 is 0 Å². The van der Waals surface area contributed by atoms with E-state index in [0.717, 1.165) is 0 Å². The molecule has 0 fully saturated rings. The summed E-state index contributed by atoms with van der Waals surface area (Å²) in [6.07, 6.45) is -0.772. The number of likely N-dealkylation sites (N-methyl/N-ethyl adjacent to an activating group) is 1. The minimum Gasteiger partial charge on any atom is -0.486 e. The molecular weight excluding hydrogens is 554 g/mol. The van der Waals surface area contributed by atoms with E-state index < -0.39 is 44.0 Å². The van der Waals surface area contributed by atoms with Crippen LogP contribution in [0.5, 0.6) is 5.75 Å². The van der Waals surface area contributed by atoms with E-state index in [1.807, 2.05) is 6.92 Å². The molecule has 0 aliphatic carbocycles. The number of nitrogens with one attached hydrogen (secondary N) is 1. The van der Waals surface area contributed by atoms with Crippen molar-refractivity contribution in [3.63, 3.8) is 0 Å². The Morgan fingerprint density at radius 1 is 0.975 bits per heavy atom. The summed E-state index contributed by atoms with van der Waals surface area (Å²) in [5.41, 5.74) is 0.137. The molecule has 1 heterocycles. The summed E-state index contributed by atoms with van der Waals surface area (Å²) < 4.78 is 63.0. The first-order chi connectivity index (χ1) is 19.0. The first kappa shape index (κ1) is 29.5. The van der Waals surface area contributed by atoms with Crippen molar-refractivity contribution in [2.45, 2.75) is 35.8 Å². The van der Waals surface area contributed by atoms with Crippen molar-refractivity contribution in [1.29, 1.82) is 0 Å². The van der Waals surface area contributed by atoms with E-state index in [2.05, 4.69) is 4.72 Å². The van der Waals surface area contributed by atoms with Gasteiger partial charge in [-0.15, -0.1) is 0 Å². The molecule has 0 spiro atoms. The number of sulfonamides is 2. The van der Waals surface area contributed by atoms with Crippen molar-refractivity contribution in [1.82, 2.24) is 9.21 Å². The topological polar surface area (TPSA) is 133 Å². The predicted molar refractivity (Wildman–Crippen MR) is 151 cm³/mol. The van der Waals surface area contributed by atoms with Gasteiger partial charge in [-0.05, 0) is 43.3 Å². The summed E-state index contributed by atoms with van der Waals surface area (Å²) in [6, 6.07) is 19.8. The predicted octanol–water partition coefficient (Wildman–Crippen LogP) is 3.03. The van der Waals surface area contributed by atoms with Crippen LogP contribution in [-0.4, -0.2) is 75.9 Å². The zero-order valence-corrected chi connectivity index (χ0v) is 24.1. The number of amides is 1. The lowest BCUT2D eigenvalue weighted by Crippen LogP contribution is -2.50. The molecule has 3 aromatic rings. The number of rotatable bonds is 9. The summed E-state index contributed by atoms with van der Waals surface area (Å²) in [5.74, 6) is -0.838. The fourth-order valence-corrected chi connectivity index (χ4v) is 6.76. The second-order valence-corrected chi connectivity index (χ2v) is 13.5. The molecule has 1 amide bonds. The minimum atomic E-state index is -4.03. The fraction of sp³-hybridized carbons (Fsp3) is 0.321. The SMILES string of the molecule is C[C@H](CO)N1C[C@H](C)[C@@H](CN(C)S(=O)(=O)c2ccccc2)Oc2c(NS(=O)(=O)c3ccccc3)cccc2C1=O. The van der Waals surface area contributed by atoms with Crippen molar-refractivity contribution in [2.24, 2.45) is 5.92 Å². The second kappa shape index (κ2) is 12.0. The van der Waals surface area contributed by atoms with Crippen molar-refractivity contribution in [3.8, 4) is 5.75 Å². The highest BCUT2D eigenvalue weighted by atomic mass is 32.2. The number of carbonyl (C=O) groups excluding carboxylic acids is 1. The fourth-order valence-electron chi connectivity index (χ4n) is 4.47. The third-order valence-corrected chi connectivity index (χ3v) is 10.1. The molecule has 0 radical (unpaired) electrons. The number of hydrogen-bond acceptors (Lipinski definition) is 7. The largest absolute Gasteiger partial charge is 0.486 e. The molecule has 214 valence electrons. The lowest BCUT2D eigenvalue weighted by molar-refractivity contribution is 0.0389. The van der Waals surface area contributed by atoms with Crippen LogP contribution in [0.4, 0.5) is 5.69 Å². The molecule has 2 N–H and O–H groups in total. The monoisotopic (exact) mass is 587 g/mol. The van der Waals surface area contributed by atoms with Gasteiger partial charge in [0.1, 0.15) is 6.10 Å². The highest BCUT2D eigenvalue weighted by Crippen LogP contribution is 2.36. The van der Waals surface area contributed by atoms with Gasteiger partial charge in [-0.1, -0.05) is 49.4 Å². The summed E-state index contributed by atoms with van der Waals surface area (Å²) in [7, 11) is -6.45. The smallest absolute Gasteiger partial charge is 0.262 e. The molecule has 10 nitrogen and oxygen atoms in total. The number of carbonyl (C=O) groups is 1. The highest BCUT2D eigenvalue weighted by Gasteiger charge is 2.36. The van der Waals surface area contributed by atoms with Gasteiger partial charge in [0.2, 0.25) is 10.0 Å². The normalized spacial score (nSPS) is 18.8. The Hall–Kier alpha value is -3.45. The molecule has 12 heteroatoms. The van der Waals surface area contributed by atoms with Gasteiger partial charge in [-0.25, -0.2) is 16.8 Å². The molecule has 4 rings (SSSR count). The molecule has 0 saturated heterocycles. The van der Waals surface area contributed by atoms with E-state index >= 15 is 0 Å². The molecule has 0 saturated carbocycles. The molecular formula is C28H33N3O7S2. The van der Waals surface area contributed by atoms with Gasteiger partial charge in [0.05, 0.1) is 40.2 Å². The van der Waals surface area contributed by atoms with E-state index in [1.165, 1.54) is 58.7 Å². The average Bonchev–Trinajstić information content (AvgIpc) is 2.95. The van der Waals surface area contributed by atoms with Crippen LogP contribution in [0.15, 0.2) is 88.7 Å². The van der Waals surface area contributed by atoms with Crippen LogP contribution in [0.3, 0.4) is 0 Å². The Kier molecular flexibility index (Phi) is 8.83. The van der Waals surface area contributed by atoms with Gasteiger partial charge in [0.25, 0.3) is 15.9 Å². The van der Waals surface area contributed by atoms with Crippen molar-refractivity contribution >= 4 is 31.6 Å². The van der Waals surface area contributed by atoms with Gasteiger partial charge < -0.3 is 14.7 Å². The number of benzene rings is 3. The van der Waals surface area contributed by atoms with Gasteiger partial charge in [0, 0.05) is 19.5 Å². The molecule has 1 aliphatic heterocycles. The Morgan fingerprint density at radius 3 is 2.17 bits per heavy atom. The number of aliphatic hydroxyl groups is 1. The quantitative estimate of drug-likeness (QED) is 0.393. The lowest BCUT2D eigenvalue weighted by Gasteiger charge is -2.38. The van der Waals surface area contributed by atoms with E-state index in [9.17, 15) is 26.7 Å². The van der Waals surface area contributed by atoms with E-state index in [0.29, 0.717) is 0 Å². The second-order valence-electron chi connectivity index (χ2n) is 9.82. The van der Waals surface area contributed by atoms with Crippen LogP contribution < -0.4 is 9.46 Å². The van der Waals surface area contributed by atoms with Gasteiger partial charge in [-0.2, -0.15) is 4.31 Å². The van der Waals surface area contributed by atoms with Gasteiger partial charge >= 0.3 is 0 Å². The summed E-state index contributed by atoms with van der Waals surface area (Å²) in [4.78, 5) is 15.3. The number of ether oxygens (including phenoxy) is 1. The van der Waals surface area contributed by atoms with Crippen molar-refractivity contribution < 1.29 is 31.5 Å². The Morgan fingerprint density at radius 2 is 1.57 bits per heavy atom. The van der Waals surface area contributed by atoms with Crippen molar-refractivity contribution in [3.05, 3.63) is 84.4 Å². The van der Waals surface area contributed by atoms with Crippen LogP contribution in [0.25, 0.3) is 0 Å². The Balaban J connectivity index is 1.76. The van der Waals surface area contributed by atoms with Gasteiger partial charge in [-0.3, -0.25) is 9.52 Å². The highest BCUT2D eigenvalue weighted by molar-refractivity contribution is 7.92. The van der Waals surface area contributed by atoms with E-state index in [4.69, 9.17) is 4.74 Å². The number of anilines is 1. The number of nitrogens with zero attached hydrogens (tertiary/aromatic N) is 2. The van der Waals surface area contributed by atoms with Crippen LogP contribution in [-0.2, 0) is 20.0 Å². The molecule has 0 bridgehead atoms. The summed E-state index contributed by atoms with van der Waals surface area (Å²) in [6.45, 7) is 3.34. The lowest BCUT2D eigenvalue weighted by atomic mass is 9.99. The Labute approximate surface area is 235 Å². The van der Waals surface area contributed by atoms with E-state index in [1.54, 1.807) is 43.3 Å². The zero-order chi connectivity index (χ0) is 29.1. The van der Waals surface area contributed by atoms with Crippen LogP contribution in [0.1, 0.15) is 24.2 Å². The average molecular weight is 588 g/mol. The van der Waals surface area contributed by atoms with Gasteiger partial charge in [0.15, 0.2) is 5.75 Å². The maximum atomic E-state index is 13.6. The molecule has 3 aromatic carbocycles. The van der Waals surface area contributed by atoms with Crippen LogP contribution in [0, 0.1) is 5.92 Å². The summed E-state index contributed by atoms with van der Waals surface area (Å²) in [5, 5.41) is 9.87. The number of aliphatic hydroxyl groups excluding tert-OH is 1. The molecule has 1 aliphatic rings. The Bertz CT molecular complexity index is 1550. The van der Waals surface area contributed by atoms with Crippen molar-refractivity contribution in [2.75, 3.05) is 31.5 Å². The maximum Gasteiger partial charge on any atom is 0.262 e. The zero-order valence-electron chi connectivity index (χ0n) is 22.5. The first-order valence-electron chi connectivity index (χ1n) is 12.8. The number of hydrogen-bond donors (Lipinski definition) is 2. The van der Waals surface area contributed by atoms with Crippen LogP contribution in [0.2, 0.25) is 0 Å². The molecule has 0 aromatic heterocycles. The number of para-hydroxylation sites is 1. The molecule has 0 unspecified atom stereocenters. The first-order valence-corrected chi connectivity index (χ1v) is 15.7.